The summed E-state index contributed by atoms with van der Waals surface area (Å²) >= 11 is 0. The Morgan fingerprint density at radius 3 is 1.57 bits per heavy atom. The lowest BCUT2D eigenvalue weighted by molar-refractivity contribution is 0.324. The number of rotatable bonds is 3. The normalized spacial score (nSPS) is 34.3. The fourth-order valence-electron chi connectivity index (χ4n) is 2.74. The molecule has 0 amide bonds. The summed E-state index contributed by atoms with van der Waals surface area (Å²) in [5, 5.41) is 7.26. The summed E-state index contributed by atoms with van der Waals surface area (Å²) in [6, 6.07) is 1.65. The molecule has 0 unspecified atom stereocenters. The van der Waals surface area contributed by atoms with E-state index in [4.69, 9.17) is 0 Å². The zero-order valence-corrected chi connectivity index (χ0v) is 9.23. The van der Waals surface area contributed by atoms with Gasteiger partial charge in [-0.25, -0.2) is 0 Å². The van der Waals surface area contributed by atoms with Crippen molar-refractivity contribution in [1.82, 2.24) is 10.6 Å². The predicted octanol–water partition coefficient (Wildman–Crippen LogP) is 2.05. The van der Waals surface area contributed by atoms with E-state index < -0.39 is 0 Å². The Labute approximate surface area is 87.8 Å². The van der Waals surface area contributed by atoms with E-state index in [9.17, 15) is 0 Å². The van der Waals surface area contributed by atoms with E-state index in [1.54, 1.807) is 0 Å². The summed E-state index contributed by atoms with van der Waals surface area (Å²) in [7, 11) is 0. The van der Waals surface area contributed by atoms with Gasteiger partial charge in [0.05, 0.1) is 0 Å². The molecule has 0 aromatic rings. The SMILES string of the molecule is C1CC[C@@H](CC[C@@H]2CCCCN2)NC1. The Morgan fingerprint density at radius 2 is 1.21 bits per heavy atom. The van der Waals surface area contributed by atoms with Crippen LogP contribution in [0.25, 0.3) is 0 Å². The zero-order chi connectivity index (χ0) is 9.64. The number of nitrogens with one attached hydrogen (secondary N) is 2. The standard InChI is InChI=1S/C12H24N2/c1-3-9-13-11(5-1)7-8-12-6-2-4-10-14-12/h11-14H,1-10H2/t11-,12-/m0/s1. The lowest BCUT2D eigenvalue weighted by Gasteiger charge is -2.28. The van der Waals surface area contributed by atoms with E-state index in [0.717, 1.165) is 12.1 Å². The molecule has 0 aromatic carbocycles. The van der Waals surface area contributed by atoms with Gasteiger partial charge in [-0.05, 0) is 51.6 Å². The maximum Gasteiger partial charge on any atom is 0.00676 e. The molecule has 2 rings (SSSR count). The van der Waals surface area contributed by atoms with Crippen LogP contribution in [0.1, 0.15) is 51.4 Å². The minimum Gasteiger partial charge on any atom is -0.314 e. The van der Waals surface area contributed by atoms with Crippen LogP contribution < -0.4 is 10.6 Å². The van der Waals surface area contributed by atoms with Crippen molar-refractivity contribution in [3.05, 3.63) is 0 Å². The Balaban J connectivity index is 1.60. The molecule has 2 N–H and O–H groups in total. The molecule has 0 saturated carbocycles. The van der Waals surface area contributed by atoms with E-state index in [1.165, 1.54) is 64.5 Å². The van der Waals surface area contributed by atoms with Crippen molar-refractivity contribution in [1.29, 1.82) is 0 Å². The van der Waals surface area contributed by atoms with Crippen molar-refractivity contribution in [3.8, 4) is 0 Å². The van der Waals surface area contributed by atoms with Crippen molar-refractivity contribution >= 4 is 0 Å². The molecule has 2 nitrogen and oxygen atoms in total. The van der Waals surface area contributed by atoms with Gasteiger partial charge in [0.15, 0.2) is 0 Å². The lowest BCUT2D eigenvalue weighted by Crippen LogP contribution is -2.38. The largest absolute Gasteiger partial charge is 0.314 e. The zero-order valence-electron chi connectivity index (χ0n) is 9.23. The summed E-state index contributed by atoms with van der Waals surface area (Å²) in [6.07, 6.45) is 11.2. The van der Waals surface area contributed by atoms with E-state index in [-0.39, 0.29) is 0 Å². The van der Waals surface area contributed by atoms with Gasteiger partial charge in [-0.15, -0.1) is 0 Å². The summed E-state index contributed by atoms with van der Waals surface area (Å²) in [5.74, 6) is 0. The molecule has 82 valence electrons. The number of hydrogen-bond donors (Lipinski definition) is 2. The van der Waals surface area contributed by atoms with Gasteiger partial charge in [0.2, 0.25) is 0 Å². The molecule has 0 spiro atoms. The topological polar surface area (TPSA) is 24.1 Å². The maximum atomic E-state index is 3.63. The van der Waals surface area contributed by atoms with Crippen LogP contribution in [0, 0.1) is 0 Å². The van der Waals surface area contributed by atoms with Gasteiger partial charge in [-0.3, -0.25) is 0 Å². The third-order valence-corrected chi connectivity index (χ3v) is 3.69. The first-order valence-electron chi connectivity index (χ1n) is 6.42. The Kier molecular flexibility index (Phi) is 4.26. The first kappa shape index (κ1) is 10.4. The summed E-state index contributed by atoms with van der Waals surface area (Å²) in [6.45, 7) is 2.51. The van der Waals surface area contributed by atoms with Crippen LogP contribution in [0.4, 0.5) is 0 Å². The molecule has 2 atom stereocenters. The molecule has 2 aliphatic rings. The van der Waals surface area contributed by atoms with Crippen molar-refractivity contribution in [2.24, 2.45) is 0 Å². The quantitative estimate of drug-likeness (QED) is 0.722. The summed E-state index contributed by atoms with van der Waals surface area (Å²) in [4.78, 5) is 0. The smallest absolute Gasteiger partial charge is 0.00676 e. The molecule has 2 fully saturated rings. The van der Waals surface area contributed by atoms with Gasteiger partial charge in [-0.2, -0.15) is 0 Å². The minimum absolute atomic E-state index is 0.826. The highest BCUT2D eigenvalue weighted by atomic mass is 14.9. The van der Waals surface area contributed by atoms with Gasteiger partial charge in [0.1, 0.15) is 0 Å². The fraction of sp³-hybridized carbons (Fsp3) is 1.00. The average Bonchev–Trinajstić information content (AvgIpc) is 2.29. The van der Waals surface area contributed by atoms with E-state index in [0.29, 0.717) is 0 Å². The van der Waals surface area contributed by atoms with Crippen LogP contribution in [0.3, 0.4) is 0 Å². The van der Waals surface area contributed by atoms with Gasteiger partial charge in [-0.1, -0.05) is 12.8 Å². The Hall–Kier alpha value is -0.0800. The van der Waals surface area contributed by atoms with E-state index in [1.807, 2.05) is 0 Å². The lowest BCUT2D eigenvalue weighted by atomic mass is 9.95. The third kappa shape index (κ3) is 3.25. The van der Waals surface area contributed by atoms with Crippen LogP contribution in [-0.4, -0.2) is 25.2 Å². The molecular weight excluding hydrogens is 172 g/mol. The fourth-order valence-corrected chi connectivity index (χ4v) is 2.74. The molecule has 14 heavy (non-hydrogen) atoms. The molecule has 2 aliphatic heterocycles. The first-order valence-corrected chi connectivity index (χ1v) is 6.42. The van der Waals surface area contributed by atoms with Crippen LogP contribution >= 0.6 is 0 Å². The molecule has 2 heteroatoms. The second-order valence-electron chi connectivity index (χ2n) is 4.87. The third-order valence-electron chi connectivity index (χ3n) is 3.69. The highest BCUT2D eigenvalue weighted by Gasteiger charge is 2.16. The predicted molar refractivity (Wildman–Crippen MR) is 60.5 cm³/mol. The highest BCUT2D eigenvalue weighted by Crippen LogP contribution is 2.16. The summed E-state index contributed by atoms with van der Waals surface area (Å²) in [5.41, 5.74) is 0. The highest BCUT2D eigenvalue weighted by molar-refractivity contribution is 4.77. The molecule has 0 aliphatic carbocycles. The Morgan fingerprint density at radius 1 is 0.714 bits per heavy atom. The van der Waals surface area contributed by atoms with Gasteiger partial charge >= 0.3 is 0 Å². The maximum absolute atomic E-state index is 3.63. The van der Waals surface area contributed by atoms with Crippen LogP contribution in [-0.2, 0) is 0 Å². The number of hydrogen-bond acceptors (Lipinski definition) is 2. The first-order chi connectivity index (χ1) is 6.95. The van der Waals surface area contributed by atoms with E-state index >= 15 is 0 Å². The molecule has 0 aromatic heterocycles. The second-order valence-corrected chi connectivity index (χ2v) is 4.87. The van der Waals surface area contributed by atoms with Crippen LogP contribution in [0.2, 0.25) is 0 Å². The van der Waals surface area contributed by atoms with Gasteiger partial charge < -0.3 is 10.6 Å². The van der Waals surface area contributed by atoms with Crippen molar-refractivity contribution < 1.29 is 0 Å². The Bertz CT molecular complexity index is 128. The second kappa shape index (κ2) is 5.72. The van der Waals surface area contributed by atoms with Gasteiger partial charge in [0.25, 0.3) is 0 Å². The molecule has 0 bridgehead atoms. The monoisotopic (exact) mass is 196 g/mol. The average molecular weight is 196 g/mol. The van der Waals surface area contributed by atoms with Crippen molar-refractivity contribution in [2.45, 2.75) is 63.5 Å². The van der Waals surface area contributed by atoms with E-state index in [2.05, 4.69) is 10.6 Å². The molecular formula is C12H24N2. The molecule has 0 radical (unpaired) electrons. The van der Waals surface area contributed by atoms with Crippen molar-refractivity contribution in [3.63, 3.8) is 0 Å². The van der Waals surface area contributed by atoms with Crippen LogP contribution in [0.5, 0.6) is 0 Å². The molecule has 2 heterocycles. The number of piperidine rings is 2. The van der Waals surface area contributed by atoms with Crippen molar-refractivity contribution in [2.75, 3.05) is 13.1 Å². The molecule has 2 saturated heterocycles. The van der Waals surface area contributed by atoms with Gasteiger partial charge in [0, 0.05) is 12.1 Å². The minimum atomic E-state index is 0.826. The summed E-state index contributed by atoms with van der Waals surface area (Å²) < 4.78 is 0. The van der Waals surface area contributed by atoms with Crippen LogP contribution in [0.15, 0.2) is 0 Å².